The number of rotatable bonds is 12. The highest BCUT2D eigenvalue weighted by molar-refractivity contribution is 8.00. The number of sulfonamides is 1. The molecule has 3 fully saturated rings. The van der Waals surface area contributed by atoms with Crippen molar-refractivity contribution in [2.24, 2.45) is 5.92 Å². The molecular formula is C32H44N4O4S3. The predicted molar refractivity (Wildman–Crippen MR) is 175 cm³/mol. The first-order valence-corrected chi connectivity index (χ1v) is 19.2. The summed E-state index contributed by atoms with van der Waals surface area (Å²) in [5.41, 5.74) is 1.29. The Kier molecular flexibility index (Phi) is 11.9. The van der Waals surface area contributed by atoms with E-state index in [9.17, 15) is 18.0 Å². The molecule has 1 aliphatic carbocycles. The molecule has 1 saturated carbocycles. The summed E-state index contributed by atoms with van der Waals surface area (Å²) < 4.78 is 28.0. The van der Waals surface area contributed by atoms with Crippen LogP contribution in [0.1, 0.15) is 50.5 Å². The number of hydrogen-bond donors (Lipinski definition) is 2. The number of benzene rings is 2. The summed E-state index contributed by atoms with van der Waals surface area (Å²) in [4.78, 5) is 29.8. The Morgan fingerprint density at radius 2 is 1.60 bits per heavy atom. The van der Waals surface area contributed by atoms with Crippen molar-refractivity contribution in [1.82, 2.24) is 19.8 Å². The van der Waals surface area contributed by atoms with Gasteiger partial charge in [0.2, 0.25) is 21.8 Å². The molecule has 2 aliphatic heterocycles. The lowest BCUT2D eigenvalue weighted by atomic mass is 9.91. The Bertz CT molecular complexity index is 1280. The third kappa shape index (κ3) is 9.00. The van der Waals surface area contributed by atoms with Gasteiger partial charge in [-0.1, -0.05) is 67.8 Å². The summed E-state index contributed by atoms with van der Waals surface area (Å²) in [6.07, 6.45) is 7.99. The molecule has 2 amide bonds. The standard InChI is InChI=1S/C32H44N4O4S3/c37-31(33-27-16-18-35(19-17-27)20-25-10-4-1-5-11-25)29(22-41-21-26-12-6-2-7-13-26)34-32(38)30-23-42-24-36(30)43(39,40)28-14-8-3-9-15-28/h1,3-5,8-11,14-15,26-27,29-30H,2,6-7,12-13,16-24H2,(H,33,37)(H,34,38)/t29-,30-/m0/s1. The van der Waals surface area contributed by atoms with Crippen LogP contribution < -0.4 is 10.6 Å². The van der Waals surface area contributed by atoms with E-state index in [0.717, 1.165) is 38.2 Å². The predicted octanol–water partition coefficient (Wildman–Crippen LogP) is 4.33. The summed E-state index contributed by atoms with van der Waals surface area (Å²) >= 11 is 3.14. The first-order valence-electron chi connectivity index (χ1n) is 15.5. The summed E-state index contributed by atoms with van der Waals surface area (Å²) in [6, 6.07) is 17.2. The second kappa shape index (κ2) is 15.8. The molecule has 11 heteroatoms. The molecule has 0 spiro atoms. The van der Waals surface area contributed by atoms with E-state index in [1.165, 1.54) is 53.7 Å². The van der Waals surface area contributed by atoms with Gasteiger partial charge in [0.15, 0.2) is 0 Å². The molecule has 2 aromatic carbocycles. The first kappa shape index (κ1) is 32.3. The Morgan fingerprint density at radius 3 is 2.30 bits per heavy atom. The van der Waals surface area contributed by atoms with Crippen LogP contribution in [-0.4, -0.2) is 83.8 Å². The maximum absolute atomic E-state index is 13.6. The van der Waals surface area contributed by atoms with Gasteiger partial charge in [-0.25, -0.2) is 8.42 Å². The van der Waals surface area contributed by atoms with E-state index < -0.39 is 28.0 Å². The second-order valence-electron chi connectivity index (χ2n) is 11.9. The number of nitrogens with zero attached hydrogens (tertiary/aromatic N) is 2. The van der Waals surface area contributed by atoms with Gasteiger partial charge in [0.1, 0.15) is 12.1 Å². The third-order valence-corrected chi connectivity index (χ3v) is 13.0. The SMILES string of the molecule is O=C(NC1CCN(Cc2ccccc2)CC1)[C@H](CSCC1CCCCC1)NC(=O)[C@@H]1CSCN1S(=O)(=O)c1ccccc1. The van der Waals surface area contributed by atoms with E-state index >= 15 is 0 Å². The van der Waals surface area contributed by atoms with E-state index in [4.69, 9.17) is 0 Å². The molecule has 2 aromatic rings. The van der Waals surface area contributed by atoms with Gasteiger partial charge in [0.05, 0.1) is 10.8 Å². The Labute approximate surface area is 265 Å². The van der Waals surface area contributed by atoms with Gasteiger partial charge in [-0.3, -0.25) is 14.5 Å². The van der Waals surface area contributed by atoms with Crippen molar-refractivity contribution >= 4 is 45.4 Å². The molecule has 8 nitrogen and oxygen atoms in total. The van der Waals surface area contributed by atoms with Crippen LogP contribution in [0.3, 0.4) is 0 Å². The van der Waals surface area contributed by atoms with E-state index in [2.05, 4.69) is 39.8 Å². The summed E-state index contributed by atoms with van der Waals surface area (Å²) in [7, 11) is -3.83. The van der Waals surface area contributed by atoms with Crippen LogP contribution in [0.2, 0.25) is 0 Å². The van der Waals surface area contributed by atoms with Crippen molar-refractivity contribution in [2.45, 2.75) is 74.5 Å². The highest BCUT2D eigenvalue weighted by atomic mass is 32.2. The van der Waals surface area contributed by atoms with Gasteiger partial charge in [-0.15, -0.1) is 11.8 Å². The van der Waals surface area contributed by atoms with Crippen LogP contribution in [0.5, 0.6) is 0 Å². The van der Waals surface area contributed by atoms with E-state index in [1.807, 2.05) is 6.07 Å². The highest BCUT2D eigenvalue weighted by Crippen LogP contribution is 2.29. The lowest BCUT2D eigenvalue weighted by Gasteiger charge is -2.33. The zero-order chi connectivity index (χ0) is 30.1. The molecule has 234 valence electrons. The number of amides is 2. The minimum absolute atomic E-state index is 0.0549. The number of hydrogen-bond acceptors (Lipinski definition) is 7. The molecule has 2 heterocycles. The topological polar surface area (TPSA) is 98.8 Å². The van der Waals surface area contributed by atoms with Crippen LogP contribution in [0.4, 0.5) is 0 Å². The fraction of sp³-hybridized carbons (Fsp3) is 0.562. The van der Waals surface area contributed by atoms with Crippen molar-refractivity contribution < 1.29 is 18.0 Å². The molecule has 0 radical (unpaired) electrons. The fourth-order valence-electron chi connectivity index (χ4n) is 6.13. The van der Waals surface area contributed by atoms with Gasteiger partial charge in [0.25, 0.3) is 0 Å². The molecule has 0 aromatic heterocycles. The zero-order valence-electron chi connectivity index (χ0n) is 24.7. The average molecular weight is 645 g/mol. The minimum Gasteiger partial charge on any atom is -0.351 e. The van der Waals surface area contributed by atoms with Gasteiger partial charge < -0.3 is 10.6 Å². The lowest BCUT2D eigenvalue weighted by Crippen LogP contribution is -2.56. The smallest absolute Gasteiger partial charge is 0.244 e. The molecule has 5 rings (SSSR count). The summed E-state index contributed by atoms with van der Waals surface area (Å²) in [5, 5.41) is 6.20. The average Bonchev–Trinajstić information content (AvgIpc) is 3.54. The molecule has 2 N–H and O–H groups in total. The van der Waals surface area contributed by atoms with E-state index in [0.29, 0.717) is 17.4 Å². The number of piperidine rings is 1. The van der Waals surface area contributed by atoms with E-state index in [-0.39, 0.29) is 22.7 Å². The second-order valence-corrected chi connectivity index (χ2v) is 15.8. The number of likely N-dealkylation sites (tertiary alicyclic amines) is 1. The van der Waals surface area contributed by atoms with Crippen LogP contribution in [0.15, 0.2) is 65.6 Å². The fourth-order valence-corrected chi connectivity index (χ4v) is 10.6. The molecule has 2 atom stereocenters. The Morgan fingerprint density at radius 1 is 0.930 bits per heavy atom. The molecule has 0 bridgehead atoms. The third-order valence-electron chi connectivity index (χ3n) is 8.67. The Hall–Kier alpha value is -2.05. The lowest BCUT2D eigenvalue weighted by molar-refractivity contribution is -0.130. The molecule has 3 aliphatic rings. The maximum atomic E-state index is 13.6. The molecule has 43 heavy (non-hydrogen) atoms. The monoisotopic (exact) mass is 644 g/mol. The van der Waals surface area contributed by atoms with Crippen LogP contribution in [0, 0.1) is 5.92 Å². The summed E-state index contributed by atoms with van der Waals surface area (Å²) in [6.45, 7) is 2.71. The Balaban J connectivity index is 1.19. The first-order chi connectivity index (χ1) is 20.9. The molecular weight excluding hydrogens is 601 g/mol. The van der Waals surface area contributed by atoms with Gasteiger partial charge in [-0.05, 0) is 55.1 Å². The van der Waals surface area contributed by atoms with Gasteiger partial charge >= 0.3 is 0 Å². The number of carbonyl (C=O) groups excluding carboxylic acids is 2. The van der Waals surface area contributed by atoms with Crippen LogP contribution >= 0.6 is 23.5 Å². The normalized spacial score (nSPS) is 21.8. The quantitative estimate of drug-likeness (QED) is 0.355. The van der Waals surface area contributed by atoms with Crippen molar-refractivity contribution in [3.8, 4) is 0 Å². The number of thioether (sulfide) groups is 2. The van der Waals surface area contributed by atoms with Crippen LogP contribution in [-0.2, 0) is 26.2 Å². The largest absolute Gasteiger partial charge is 0.351 e. The molecule has 2 saturated heterocycles. The minimum atomic E-state index is -3.83. The van der Waals surface area contributed by atoms with E-state index in [1.54, 1.807) is 42.1 Å². The van der Waals surface area contributed by atoms with Crippen LogP contribution in [0.25, 0.3) is 0 Å². The van der Waals surface area contributed by atoms with Crippen molar-refractivity contribution in [2.75, 3.05) is 36.2 Å². The van der Waals surface area contributed by atoms with Gasteiger partial charge in [0, 0.05) is 37.2 Å². The maximum Gasteiger partial charge on any atom is 0.244 e. The summed E-state index contributed by atoms with van der Waals surface area (Å²) in [5.74, 6) is 2.11. The van der Waals surface area contributed by atoms with Crippen molar-refractivity contribution in [3.63, 3.8) is 0 Å². The number of nitrogens with one attached hydrogen (secondary N) is 2. The number of carbonyl (C=O) groups is 2. The molecule has 0 unspecified atom stereocenters. The highest BCUT2D eigenvalue weighted by Gasteiger charge is 2.41. The zero-order valence-corrected chi connectivity index (χ0v) is 27.2. The van der Waals surface area contributed by atoms with Crippen molar-refractivity contribution in [1.29, 1.82) is 0 Å². The van der Waals surface area contributed by atoms with Crippen molar-refractivity contribution in [3.05, 3.63) is 66.2 Å². The van der Waals surface area contributed by atoms with Gasteiger partial charge in [-0.2, -0.15) is 16.1 Å².